The number of hydrogen-bond donors (Lipinski definition) is 0. The fourth-order valence-electron chi connectivity index (χ4n) is 1.56. The molecule has 1 aromatic heterocycles. The fourth-order valence-corrected chi connectivity index (χ4v) is 2.95. The molecule has 0 saturated heterocycles. The Bertz CT molecular complexity index is 354. The van der Waals surface area contributed by atoms with Crippen LogP contribution in [0.15, 0.2) is 11.4 Å². The Labute approximate surface area is 115 Å². The normalized spacial score (nSPS) is 10.5. The smallest absolute Gasteiger partial charge is 0.264 e. The van der Waals surface area contributed by atoms with E-state index in [0.29, 0.717) is 19.7 Å². The van der Waals surface area contributed by atoms with Gasteiger partial charge in [0.25, 0.3) is 5.91 Å². The summed E-state index contributed by atoms with van der Waals surface area (Å²) in [6.07, 6.45) is 0.900. The first kappa shape index (κ1) is 14.7. The second-order valence-electron chi connectivity index (χ2n) is 3.60. The van der Waals surface area contributed by atoms with Crippen LogP contribution in [0.2, 0.25) is 0 Å². The van der Waals surface area contributed by atoms with Gasteiger partial charge in [-0.1, -0.05) is 22.9 Å². The van der Waals surface area contributed by atoms with Crippen LogP contribution < -0.4 is 0 Å². The van der Waals surface area contributed by atoms with Crippen LogP contribution in [0.4, 0.5) is 0 Å². The minimum absolute atomic E-state index is 0.119. The van der Waals surface area contributed by atoms with Crippen LogP contribution in [0.5, 0.6) is 0 Å². The van der Waals surface area contributed by atoms with Crippen molar-refractivity contribution < 1.29 is 9.53 Å². The van der Waals surface area contributed by atoms with Gasteiger partial charge < -0.3 is 9.64 Å². The number of carbonyl (C=O) groups is 1. The minimum atomic E-state index is 0.119. The summed E-state index contributed by atoms with van der Waals surface area (Å²) in [7, 11) is 1.65. The maximum atomic E-state index is 12.3. The Kier molecular flexibility index (Phi) is 6.77. The van der Waals surface area contributed by atoms with E-state index in [1.165, 1.54) is 11.3 Å². The first-order valence-corrected chi connectivity index (χ1v) is 7.65. The van der Waals surface area contributed by atoms with Gasteiger partial charge in [-0.25, -0.2) is 0 Å². The third-order valence-corrected chi connectivity index (χ3v) is 3.83. The molecule has 0 unspecified atom stereocenters. The zero-order valence-corrected chi connectivity index (χ0v) is 12.6. The van der Waals surface area contributed by atoms with E-state index < -0.39 is 0 Å². The fraction of sp³-hybridized carbons (Fsp3) is 0.583. The van der Waals surface area contributed by atoms with Crippen LogP contribution in [0, 0.1) is 0 Å². The van der Waals surface area contributed by atoms with Gasteiger partial charge in [0.2, 0.25) is 0 Å². The van der Waals surface area contributed by atoms with E-state index in [2.05, 4.69) is 22.9 Å². The number of ether oxygens (including phenoxy) is 1. The Morgan fingerprint density at radius 2 is 2.29 bits per heavy atom. The molecule has 0 aromatic carbocycles. The number of halogens is 1. The van der Waals surface area contributed by atoms with Gasteiger partial charge in [0.05, 0.1) is 11.5 Å². The average molecular weight is 320 g/mol. The van der Waals surface area contributed by atoms with Gasteiger partial charge in [0.15, 0.2) is 0 Å². The zero-order chi connectivity index (χ0) is 12.7. The summed E-state index contributed by atoms with van der Waals surface area (Å²) in [5.74, 6) is 0.119. The molecule has 96 valence electrons. The van der Waals surface area contributed by atoms with Crippen LogP contribution in [0.25, 0.3) is 0 Å². The van der Waals surface area contributed by atoms with Crippen molar-refractivity contribution in [3.8, 4) is 0 Å². The molecular weight excluding hydrogens is 302 g/mol. The molecule has 3 nitrogen and oxygen atoms in total. The number of hydrogen-bond acceptors (Lipinski definition) is 3. The zero-order valence-electron chi connectivity index (χ0n) is 10.2. The molecular formula is C12H18BrNO2S. The molecule has 1 rings (SSSR count). The Morgan fingerprint density at radius 3 is 2.88 bits per heavy atom. The SMILES string of the molecule is CCc1ccsc1C(=O)N(CCBr)CCOC. The lowest BCUT2D eigenvalue weighted by atomic mass is 10.2. The van der Waals surface area contributed by atoms with Gasteiger partial charge in [0.1, 0.15) is 0 Å². The van der Waals surface area contributed by atoms with E-state index in [4.69, 9.17) is 4.74 Å². The van der Waals surface area contributed by atoms with Gasteiger partial charge in [0, 0.05) is 25.5 Å². The van der Waals surface area contributed by atoms with Crippen LogP contribution in [-0.4, -0.2) is 42.9 Å². The number of methoxy groups -OCH3 is 1. The van der Waals surface area contributed by atoms with Gasteiger partial charge in [-0.3, -0.25) is 4.79 Å². The molecule has 0 aliphatic rings. The third kappa shape index (κ3) is 4.08. The van der Waals surface area contributed by atoms with E-state index in [0.717, 1.165) is 22.2 Å². The predicted molar refractivity (Wildman–Crippen MR) is 75.3 cm³/mol. The van der Waals surface area contributed by atoms with Crippen LogP contribution >= 0.6 is 27.3 Å². The highest BCUT2D eigenvalue weighted by Crippen LogP contribution is 2.19. The quantitative estimate of drug-likeness (QED) is 0.723. The van der Waals surface area contributed by atoms with E-state index in [1.54, 1.807) is 7.11 Å². The molecule has 1 aromatic rings. The molecule has 0 aliphatic heterocycles. The molecule has 0 fully saturated rings. The highest BCUT2D eigenvalue weighted by Gasteiger charge is 2.18. The van der Waals surface area contributed by atoms with E-state index >= 15 is 0 Å². The maximum absolute atomic E-state index is 12.3. The molecule has 0 N–H and O–H groups in total. The largest absolute Gasteiger partial charge is 0.383 e. The Morgan fingerprint density at radius 1 is 1.53 bits per heavy atom. The van der Waals surface area contributed by atoms with Gasteiger partial charge >= 0.3 is 0 Å². The molecule has 0 atom stereocenters. The molecule has 17 heavy (non-hydrogen) atoms. The summed E-state index contributed by atoms with van der Waals surface area (Å²) in [5, 5.41) is 2.77. The number of carbonyl (C=O) groups excluding carboxylic acids is 1. The van der Waals surface area contributed by atoms with Crippen molar-refractivity contribution in [2.75, 3.05) is 32.1 Å². The first-order valence-electron chi connectivity index (χ1n) is 5.65. The summed E-state index contributed by atoms with van der Waals surface area (Å²) in [5.41, 5.74) is 1.14. The van der Waals surface area contributed by atoms with E-state index in [-0.39, 0.29) is 5.91 Å². The van der Waals surface area contributed by atoms with Crippen LogP contribution in [-0.2, 0) is 11.2 Å². The summed E-state index contributed by atoms with van der Waals surface area (Å²) in [4.78, 5) is 15.0. The lowest BCUT2D eigenvalue weighted by Gasteiger charge is -2.21. The minimum Gasteiger partial charge on any atom is -0.383 e. The molecule has 1 heterocycles. The Hall–Kier alpha value is -0.390. The van der Waals surface area contributed by atoms with Crippen molar-refractivity contribution in [2.45, 2.75) is 13.3 Å². The van der Waals surface area contributed by atoms with Gasteiger partial charge in [-0.05, 0) is 23.4 Å². The highest BCUT2D eigenvalue weighted by atomic mass is 79.9. The standard InChI is InChI=1S/C12H18BrNO2S/c1-3-10-4-9-17-11(10)12(15)14(6-5-13)7-8-16-2/h4,9H,3,5-8H2,1-2H3. The molecule has 1 amide bonds. The van der Waals surface area contributed by atoms with Crippen molar-refractivity contribution in [2.24, 2.45) is 0 Å². The number of thiophene rings is 1. The van der Waals surface area contributed by atoms with E-state index in [9.17, 15) is 4.79 Å². The second kappa shape index (κ2) is 7.84. The topological polar surface area (TPSA) is 29.5 Å². The highest BCUT2D eigenvalue weighted by molar-refractivity contribution is 9.09. The summed E-state index contributed by atoms with van der Waals surface area (Å²) < 4.78 is 5.04. The van der Waals surface area contributed by atoms with Crippen LogP contribution in [0.3, 0.4) is 0 Å². The predicted octanol–water partition coefficient (Wildman–Crippen LogP) is 2.79. The number of amides is 1. The first-order chi connectivity index (χ1) is 8.24. The number of nitrogens with zero attached hydrogens (tertiary/aromatic N) is 1. The molecule has 0 bridgehead atoms. The van der Waals surface area contributed by atoms with Crippen molar-refractivity contribution in [3.05, 3.63) is 21.9 Å². The third-order valence-electron chi connectivity index (χ3n) is 2.53. The summed E-state index contributed by atoms with van der Waals surface area (Å²) in [6.45, 7) is 4.00. The molecule has 0 saturated carbocycles. The molecule has 0 aliphatic carbocycles. The number of rotatable bonds is 7. The Balaban J connectivity index is 2.76. The number of alkyl halides is 1. The lowest BCUT2D eigenvalue weighted by Crippen LogP contribution is -2.35. The van der Waals surface area contributed by atoms with E-state index in [1.807, 2.05) is 16.3 Å². The molecule has 0 spiro atoms. The van der Waals surface area contributed by atoms with Gasteiger partial charge in [-0.2, -0.15) is 0 Å². The monoisotopic (exact) mass is 319 g/mol. The van der Waals surface area contributed by atoms with Crippen molar-refractivity contribution in [1.29, 1.82) is 0 Å². The molecule has 5 heteroatoms. The van der Waals surface area contributed by atoms with Crippen LogP contribution in [0.1, 0.15) is 22.2 Å². The summed E-state index contributed by atoms with van der Waals surface area (Å²) >= 11 is 4.90. The van der Waals surface area contributed by atoms with Crippen molar-refractivity contribution in [3.63, 3.8) is 0 Å². The molecule has 0 radical (unpaired) electrons. The van der Waals surface area contributed by atoms with Crippen molar-refractivity contribution >= 4 is 33.2 Å². The lowest BCUT2D eigenvalue weighted by molar-refractivity contribution is 0.0712. The van der Waals surface area contributed by atoms with Crippen molar-refractivity contribution in [1.82, 2.24) is 4.90 Å². The van der Waals surface area contributed by atoms with Gasteiger partial charge in [-0.15, -0.1) is 11.3 Å². The summed E-state index contributed by atoms with van der Waals surface area (Å²) in [6, 6.07) is 2.03. The number of aryl methyl sites for hydroxylation is 1. The average Bonchev–Trinajstić information content (AvgIpc) is 2.81. The maximum Gasteiger partial charge on any atom is 0.264 e. The second-order valence-corrected chi connectivity index (χ2v) is 5.31.